The Balaban J connectivity index is 2.73. The summed E-state index contributed by atoms with van der Waals surface area (Å²) in [5.74, 6) is -0.0811. The third-order valence-electron chi connectivity index (χ3n) is 4.43. The normalized spacial score (nSPS) is 21.2. The van der Waals surface area contributed by atoms with Crippen LogP contribution in [0.2, 0.25) is 0 Å². The van der Waals surface area contributed by atoms with Crippen molar-refractivity contribution in [3.8, 4) is 0 Å². The lowest BCUT2D eigenvalue weighted by molar-refractivity contribution is -0.273. The molecule has 0 aromatic carbocycles. The minimum atomic E-state index is -4.62. The average molecular weight is 324 g/mol. The van der Waals surface area contributed by atoms with Crippen LogP contribution < -0.4 is 0 Å². The van der Waals surface area contributed by atoms with E-state index in [1.165, 1.54) is 0 Å². The van der Waals surface area contributed by atoms with Gasteiger partial charge in [-0.1, -0.05) is 0 Å². The molecule has 22 heavy (non-hydrogen) atoms. The molecule has 1 atom stereocenters. The average Bonchev–Trinajstić information content (AvgIpc) is 2.36. The lowest BCUT2D eigenvalue weighted by atomic mass is 9.90. The molecule has 0 aromatic heterocycles. The molecule has 0 radical (unpaired) electrons. The van der Waals surface area contributed by atoms with E-state index in [0.717, 1.165) is 0 Å². The minimum Gasteiger partial charge on any atom is -0.380 e. The fraction of sp³-hybridized carbons (Fsp3) is 0.933. The van der Waals surface area contributed by atoms with Gasteiger partial charge in [0.1, 0.15) is 0 Å². The van der Waals surface area contributed by atoms with Crippen molar-refractivity contribution >= 4 is 5.91 Å². The SMILES string of the molecule is CC(C(=O)N(C(C)C)C(C)C)N1CCC(O)(C(F)(F)F)CC1. The number of hydrogen-bond donors (Lipinski definition) is 1. The van der Waals surface area contributed by atoms with Crippen molar-refractivity contribution in [2.75, 3.05) is 13.1 Å². The molecule has 0 bridgehead atoms. The van der Waals surface area contributed by atoms with Gasteiger partial charge >= 0.3 is 6.18 Å². The highest BCUT2D eigenvalue weighted by atomic mass is 19.4. The van der Waals surface area contributed by atoms with Crippen LogP contribution in [0.1, 0.15) is 47.5 Å². The largest absolute Gasteiger partial charge is 0.417 e. The molecule has 1 N–H and O–H groups in total. The smallest absolute Gasteiger partial charge is 0.380 e. The monoisotopic (exact) mass is 324 g/mol. The second kappa shape index (κ2) is 6.74. The number of amides is 1. The Morgan fingerprint density at radius 1 is 1.09 bits per heavy atom. The van der Waals surface area contributed by atoms with Crippen LogP contribution in [0.15, 0.2) is 0 Å². The topological polar surface area (TPSA) is 43.8 Å². The molecule has 4 nitrogen and oxygen atoms in total. The number of likely N-dealkylation sites (tertiary alicyclic amines) is 1. The van der Waals surface area contributed by atoms with Crippen molar-refractivity contribution in [3.05, 3.63) is 0 Å². The van der Waals surface area contributed by atoms with Crippen LogP contribution >= 0.6 is 0 Å². The van der Waals surface area contributed by atoms with Gasteiger partial charge in [0.15, 0.2) is 5.60 Å². The zero-order valence-electron chi connectivity index (χ0n) is 13.9. The van der Waals surface area contributed by atoms with E-state index >= 15 is 0 Å². The lowest BCUT2D eigenvalue weighted by Gasteiger charge is -2.43. The zero-order valence-corrected chi connectivity index (χ0v) is 13.9. The number of piperidine rings is 1. The molecule has 0 aliphatic carbocycles. The van der Waals surface area contributed by atoms with Crippen LogP contribution in [-0.4, -0.2) is 63.8 Å². The number of alkyl halides is 3. The molecular weight excluding hydrogens is 297 g/mol. The quantitative estimate of drug-likeness (QED) is 0.864. The number of rotatable bonds is 4. The van der Waals surface area contributed by atoms with Crippen LogP contribution in [-0.2, 0) is 4.79 Å². The fourth-order valence-corrected chi connectivity index (χ4v) is 3.04. The van der Waals surface area contributed by atoms with E-state index in [-0.39, 0.29) is 31.1 Å². The van der Waals surface area contributed by atoms with Crippen molar-refractivity contribution in [3.63, 3.8) is 0 Å². The molecule has 130 valence electrons. The summed E-state index contributed by atoms with van der Waals surface area (Å²) in [7, 11) is 0. The molecular formula is C15H27F3N2O2. The highest BCUT2D eigenvalue weighted by Crippen LogP contribution is 2.38. The van der Waals surface area contributed by atoms with Gasteiger partial charge in [0, 0.05) is 25.2 Å². The molecule has 1 fully saturated rings. The predicted octanol–water partition coefficient (Wildman–Crippen LogP) is 2.41. The summed E-state index contributed by atoms with van der Waals surface area (Å²) in [5.41, 5.74) is -2.62. The molecule has 1 saturated heterocycles. The van der Waals surface area contributed by atoms with Crippen LogP contribution in [0.4, 0.5) is 13.2 Å². The van der Waals surface area contributed by atoms with Crippen LogP contribution in [0.25, 0.3) is 0 Å². The van der Waals surface area contributed by atoms with Gasteiger partial charge in [-0.25, -0.2) is 0 Å². The molecule has 0 saturated carbocycles. The summed E-state index contributed by atoms with van der Waals surface area (Å²) in [6.45, 7) is 9.52. The summed E-state index contributed by atoms with van der Waals surface area (Å²) in [5, 5.41) is 9.68. The van der Waals surface area contributed by atoms with E-state index in [2.05, 4.69) is 0 Å². The van der Waals surface area contributed by atoms with E-state index in [4.69, 9.17) is 0 Å². The third kappa shape index (κ3) is 3.93. The zero-order chi connectivity index (χ0) is 17.3. The Hall–Kier alpha value is -0.820. The standard InChI is InChI=1S/C15H27F3N2O2/c1-10(2)20(11(3)4)13(21)12(5)19-8-6-14(22,7-9-19)15(16,17)18/h10-12,22H,6-9H2,1-5H3. The second-order valence-electron chi connectivity index (χ2n) is 6.67. The maximum atomic E-state index is 12.8. The maximum absolute atomic E-state index is 12.8. The van der Waals surface area contributed by atoms with E-state index in [0.29, 0.717) is 0 Å². The van der Waals surface area contributed by atoms with Crippen LogP contribution in [0.3, 0.4) is 0 Å². The molecule has 7 heteroatoms. The first-order valence-electron chi connectivity index (χ1n) is 7.76. The lowest BCUT2D eigenvalue weighted by Crippen LogP contribution is -2.58. The van der Waals surface area contributed by atoms with Gasteiger partial charge in [0.05, 0.1) is 6.04 Å². The van der Waals surface area contributed by atoms with E-state index in [1.807, 2.05) is 27.7 Å². The molecule has 1 unspecified atom stereocenters. The van der Waals surface area contributed by atoms with Gasteiger partial charge in [-0.15, -0.1) is 0 Å². The predicted molar refractivity (Wildman–Crippen MR) is 78.4 cm³/mol. The number of aliphatic hydroxyl groups is 1. The molecule has 1 heterocycles. The van der Waals surface area contributed by atoms with Crippen molar-refractivity contribution in [2.24, 2.45) is 0 Å². The first-order valence-corrected chi connectivity index (χ1v) is 7.76. The molecule has 1 rings (SSSR count). The fourth-order valence-electron chi connectivity index (χ4n) is 3.04. The van der Waals surface area contributed by atoms with Crippen LogP contribution in [0, 0.1) is 0 Å². The highest BCUT2D eigenvalue weighted by molar-refractivity contribution is 5.82. The molecule has 0 aromatic rings. The van der Waals surface area contributed by atoms with Gasteiger partial charge in [0.25, 0.3) is 0 Å². The molecule has 0 spiro atoms. The Morgan fingerprint density at radius 3 is 1.82 bits per heavy atom. The van der Waals surface area contributed by atoms with Crippen LogP contribution in [0.5, 0.6) is 0 Å². The summed E-state index contributed by atoms with van der Waals surface area (Å²) < 4.78 is 38.4. The Kier molecular flexibility index (Phi) is 5.89. The minimum absolute atomic E-state index is 0.0341. The van der Waals surface area contributed by atoms with E-state index < -0.39 is 30.7 Å². The summed E-state index contributed by atoms with van der Waals surface area (Å²) in [4.78, 5) is 16.1. The third-order valence-corrected chi connectivity index (χ3v) is 4.43. The van der Waals surface area contributed by atoms with E-state index in [9.17, 15) is 23.1 Å². The number of nitrogens with zero attached hydrogens (tertiary/aromatic N) is 2. The Morgan fingerprint density at radius 2 is 1.50 bits per heavy atom. The summed E-state index contributed by atoms with van der Waals surface area (Å²) in [6.07, 6.45) is -5.40. The van der Waals surface area contributed by atoms with Crippen molar-refractivity contribution in [1.82, 2.24) is 9.80 Å². The molecule has 1 aliphatic rings. The number of carbonyl (C=O) groups is 1. The molecule has 1 amide bonds. The summed E-state index contributed by atoms with van der Waals surface area (Å²) in [6, 6.07) is -0.415. The first kappa shape index (κ1) is 19.2. The highest BCUT2D eigenvalue weighted by Gasteiger charge is 2.55. The van der Waals surface area contributed by atoms with Crippen molar-refractivity contribution in [2.45, 2.75) is 77.4 Å². The second-order valence-corrected chi connectivity index (χ2v) is 6.67. The van der Waals surface area contributed by atoms with Crippen molar-refractivity contribution < 1.29 is 23.1 Å². The van der Waals surface area contributed by atoms with Gasteiger partial charge in [0.2, 0.25) is 5.91 Å². The number of hydrogen-bond acceptors (Lipinski definition) is 3. The van der Waals surface area contributed by atoms with E-state index in [1.54, 1.807) is 16.7 Å². The Bertz CT molecular complexity index is 381. The van der Waals surface area contributed by atoms with Crippen molar-refractivity contribution in [1.29, 1.82) is 0 Å². The number of halogens is 3. The van der Waals surface area contributed by atoms with Gasteiger partial charge in [-0.05, 0) is 47.5 Å². The maximum Gasteiger partial charge on any atom is 0.417 e. The van der Waals surface area contributed by atoms with Gasteiger partial charge < -0.3 is 10.0 Å². The number of carbonyl (C=O) groups excluding carboxylic acids is 1. The first-order chi connectivity index (χ1) is 9.90. The summed E-state index contributed by atoms with van der Waals surface area (Å²) >= 11 is 0. The van der Waals surface area contributed by atoms with Gasteiger partial charge in [-0.2, -0.15) is 13.2 Å². The van der Waals surface area contributed by atoms with Gasteiger partial charge in [-0.3, -0.25) is 9.69 Å². The Labute approximate surface area is 130 Å². The molecule has 1 aliphatic heterocycles.